The third kappa shape index (κ3) is 4.36. The van der Waals surface area contributed by atoms with Gasteiger partial charge in [-0.15, -0.1) is 0 Å². The van der Waals surface area contributed by atoms with Gasteiger partial charge in [0.15, 0.2) is 5.16 Å². The smallest absolute Gasteiger partial charge is 0.333 e. The number of nitrogens with zero attached hydrogens (tertiary/aromatic N) is 5. The van der Waals surface area contributed by atoms with Crippen LogP contribution in [-0.2, 0) is 18.9 Å². The Morgan fingerprint density at radius 1 is 1.27 bits per heavy atom. The average molecular weight is 378 g/mol. The summed E-state index contributed by atoms with van der Waals surface area (Å²) < 4.78 is 1.73. The molecule has 0 fully saturated rings. The fourth-order valence-electron chi connectivity index (χ4n) is 2.06. The number of aromatic hydroxyl groups is 1. The lowest BCUT2D eigenvalue weighted by molar-refractivity contribution is -0.118. The number of aryl methyl sites for hydroxylation is 2. The van der Waals surface area contributed by atoms with Crippen molar-refractivity contribution in [3.05, 3.63) is 43.9 Å². The van der Waals surface area contributed by atoms with E-state index >= 15 is 0 Å². The lowest BCUT2D eigenvalue weighted by atomic mass is 10.3. The van der Waals surface area contributed by atoms with Crippen LogP contribution in [0.15, 0.2) is 25.9 Å². The molecule has 26 heavy (non-hydrogen) atoms. The first-order valence-electron chi connectivity index (χ1n) is 7.46. The molecule has 2 rings (SSSR count). The summed E-state index contributed by atoms with van der Waals surface area (Å²) in [5, 5.41) is 14.0. The van der Waals surface area contributed by atoms with E-state index in [1.54, 1.807) is 0 Å². The molecule has 0 aromatic carbocycles. The van der Waals surface area contributed by atoms with Crippen molar-refractivity contribution >= 4 is 23.9 Å². The van der Waals surface area contributed by atoms with Gasteiger partial charge in [0.05, 0.1) is 12.0 Å². The highest BCUT2D eigenvalue weighted by Crippen LogP contribution is 2.13. The largest absolute Gasteiger partial charge is 0.494 e. The zero-order valence-corrected chi connectivity index (χ0v) is 15.5. The molecular weight excluding hydrogens is 360 g/mol. The molecule has 2 aromatic heterocycles. The Balaban J connectivity index is 2.04. The standard InChI is InChI=1S/C15H18N6O4S/c1-8-5-9(2)18-14(17-8)26-7-11(22)19-16-6-10-12(23)20(3)15(25)21(4)13(10)24/h5-6,23H,7H2,1-4H3,(H,19,22)/b16-6+. The molecular formula is C15H18N6O4S. The minimum atomic E-state index is -0.721. The molecule has 0 radical (unpaired) electrons. The average Bonchev–Trinajstić information content (AvgIpc) is 2.58. The van der Waals surface area contributed by atoms with Crippen molar-refractivity contribution in [3.63, 3.8) is 0 Å². The molecule has 2 N–H and O–H groups in total. The van der Waals surface area contributed by atoms with Gasteiger partial charge in [-0.3, -0.25) is 18.7 Å². The molecule has 0 saturated carbocycles. The second kappa shape index (κ2) is 7.95. The van der Waals surface area contributed by atoms with Crippen LogP contribution >= 0.6 is 11.8 Å². The van der Waals surface area contributed by atoms with Crippen molar-refractivity contribution in [2.24, 2.45) is 19.2 Å². The van der Waals surface area contributed by atoms with E-state index in [0.717, 1.165) is 38.5 Å². The van der Waals surface area contributed by atoms with Gasteiger partial charge in [0.25, 0.3) is 11.5 Å². The number of hydrogen-bond acceptors (Lipinski definition) is 8. The van der Waals surface area contributed by atoms with Crippen molar-refractivity contribution in [3.8, 4) is 5.88 Å². The van der Waals surface area contributed by atoms with Crippen molar-refractivity contribution in [1.29, 1.82) is 0 Å². The molecule has 0 aliphatic heterocycles. The lowest BCUT2D eigenvalue weighted by Crippen LogP contribution is -2.38. The van der Waals surface area contributed by atoms with Crippen LogP contribution in [0.1, 0.15) is 17.0 Å². The molecule has 0 unspecified atom stereocenters. The summed E-state index contributed by atoms with van der Waals surface area (Å²) in [5.74, 6) is -0.943. The lowest BCUT2D eigenvalue weighted by Gasteiger charge is -2.07. The van der Waals surface area contributed by atoms with E-state index in [1.165, 1.54) is 14.1 Å². The number of aromatic nitrogens is 4. The van der Waals surface area contributed by atoms with Crippen molar-refractivity contribution in [2.45, 2.75) is 19.0 Å². The fourth-order valence-corrected chi connectivity index (χ4v) is 2.80. The molecule has 0 bridgehead atoms. The highest BCUT2D eigenvalue weighted by Gasteiger charge is 2.13. The summed E-state index contributed by atoms with van der Waals surface area (Å²) in [5.41, 5.74) is 2.26. The summed E-state index contributed by atoms with van der Waals surface area (Å²) >= 11 is 1.15. The summed E-state index contributed by atoms with van der Waals surface area (Å²) in [4.78, 5) is 43.9. The molecule has 2 aromatic rings. The van der Waals surface area contributed by atoms with Crippen molar-refractivity contribution in [2.75, 3.05) is 5.75 Å². The van der Waals surface area contributed by atoms with E-state index in [9.17, 15) is 19.5 Å². The maximum Gasteiger partial charge on any atom is 0.333 e. The fraction of sp³-hybridized carbons (Fsp3) is 0.333. The molecule has 0 spiro atoms. The van der Waals surface area contributed by atoms with Crippen molar-refractivity contribution < 1.29 is 9.90 Å². The second-order valence-corrected chi connectivity index (χ2v) is 6.40. The topological polar surface area (TPSA) is 131 Å². The zero-order chi connectivity index (χ0) is 19.4. The summed E-state index contributed by atoms with van der Waals surface area (Å²) in [6.07, 6.45) is 0.993. The van der Waals surface area contributed by atoms with Gasteiger partial charge in [-0.25, -0.2) is 20.2 Å². The minimum Gasteiger partial charge on any atom is -0.494 e. The minimum absolute atomic E-state index is 0.0253. The molecule has 138 valence electrons. The van der Waals surface area contributed by atoms with Crippen LogP contribution in [0.25, 0.3) is 0 Å². The van der Waals surface area contributed by atoms with E-state index in [0.29, 0.717) is 5.16 Å². The molecule has 1 amide bonds. The molecule has 0 saturated heterocycles. The first-order chi connectivity index (χ1) is 12.2. The number of carbonyl (C=O) groups excluding carboxylic acids is 1. The third-order valence-corrected chi connectivity index (χ3v) is 4.19. The van der Waals surface area contributed by atoms with E-state index < -0.39 is 23.0 Å². The summed E-state index contributed by atoms with van der Waals surface area (Å²) in [7, 11) is 2.59. The Hall–Kier alpha value is -2.95. The number of amides is 1. The van der Waals surface area contributed by atoms with Crippen LogP contribution in [0.2, 0.25) is 0 Å². The maximum atomic E-state index is 12.0. The van der Waals surface area contributed by atoms with Crippen LogP contribution in [0.5, 0.6) is 5.88 Å². The number of hydrogen-bond donors (Lipinski definition) is 2. The highest BCUT2D eigenvalue weighted by molar-refractivity contribution is 7.99. The Morgan fingerprint density at radius 3 is 2.50 bits per heavy atom. The summed E-state index contributed by atoms with van der Waals surface area (Å²) in [6.45, 7) is 3.67. The van der Waals surface area contributed by atoms with E-state index in [-0.39, 0.29) is 11.3 Å². The van der Waals surface area contributed by atoms with Crippen LogP contribution in [0.3, 0.4) is 0 Å². The van der Waals surface area contributed by atoms with E-state index in [4.69, 9.17) is 0 Å². The first-order valence-corrected chi connectivity index (χ1v) is 8.45. The maximum absolute atomic E-state index is 12.0. The molecule has 2 heterocycles. The quantitative estimate of drug-likeness (QED) is 0.308. The number of thioether (sulfide) groups is 1. The summed E-state index contributed by atoms with van der Waals surface area (Å²) in [6, 6.07) is 1.83. The van der Waals surface area contributed by atoms with E-state index in [1.807, 2.05) is 19.9 Å². The van der Waals surface area contributed by atoms with Gasteiger partial charge in [0.1, 0.15) is 5.56 Å². The predicted molar refractivity (Wildman–Crippen MR) is 96.6 cm³/mol. The SMILES string of the molecule is Cc1cc(C)nc(SCC(=O)N/N=C/c2c(O)n(C)c(=O)n(C)c2=O)n1. The number of nitrogens with one attached hydrogen (secondary N) is 1. The Labute approximate surface area is 152 Å². The zero-order valence-electron chi connectivity index (χ0n) is 14.7. The number of hydrazone groups is 1. The normalized spacial score (nSPS) is 11.1. The highest BCUT2D eigenvalue weighted by atomic mass is 32.2. The van der Waals surface area contributed by atoms with Crippen LogP contribution in [0.4, 0.5) is 0 Å². The predicted octanol–water partition coefficient (Wildman–Crippen LogP) is -0.561. The van der Waals surface area contributed by atoms with Crippen LogP contribution < -0.4 is 16.7 Å². The Morgan fingerprint density at radius 2 is 1.88 bits per heavy atom. The van der Waals surface area contributed by atoms with Gasteiger partial charge in [0.2, 0.25) is 5.88 Å². The van der Waals surface area contributed by atoms with Crippen LogP contribution in [-0.4, -0.2) is 42.1 Å². The van der Waals surface area contributed by atoms with Crippen molar-refractivity contribution in [1.82, 2.24) is 24.5 Å². The third-order valence-electron chi connectivity index (χ3n) is 3.34. The Bertz CT molecular complexity index is 975. The van der Waals surface area contributed by atoms with Gasteiger partial charge in [-0.05, 0) is 19.9 Å². The molecule has 0 aliphatic rings. The number of rotatable bonds is 5. The first kappa shape index (κ1) is 19.4. The molecule has 11 heteroatoms. The monoisotopic (exact) mass is 378 g/mol. The van der Waals surface area contributed by atoms with E-state index in [2.05, 4.69) is 20.5 Å². The molecule has 0 atom stereocenters. The molecule has 0 aliphatic carbocycles. The Kier molecular flexibility index (Phi) is 5.93. The van der Waals surface area contributed by atoms with Crippen LogP contribution in [0, 0.1) is 13.8 Å². The number of carbonyl (C=O) groups is 1. The second-order valence-electron chi connectivity index (χ2n) is 5.46. The van der Waals surface area contributed by atoms with Gasteiger partial charge >= 0.3 is 5.69 Å². The van der Waals surface area contributed by atoms with Gasteiger partial charge in [0, 0.05) is 25.5 Å². The van der Waals surface area contributed by atoms with Gasteiger partial charge < -0.3 is 5.11 Å². The van der Waals surface area contributed by atoms with Gasteiger partial charge in [-0.1, -0.05) is 11.8 Å². The van der Waals surface area contributed by atoms with Gasteiger partial charge in [-0.2, -0.15) is 5.10 Å². The molecule has 10 nitrogen and oxygen atoms in total.